The maximum Gasteiger partial charge on any atom is 0.508 e. The molecule has 0 saturated carbocycles. The van der Waals surface area contributed by atoms with Crippen LogP contribution in [-0.4, -0.2) is 56.5 Å². The second-order valence-electron chi connectivity index (χ2n) is 9.13. The Kier molecular flexibility index (Phi) is 14.9. The SMILES string of the molecule is CCCC(=O)Oc1ccc(C[C@H](NCC(C)OC(=O)OCCC(C)C)C(=O)OC)cc1OC(=O)CCC. The van der Waals surface area contributed by atoms with Gasteiger partial charge in [0.15, 0.2) is 11.5 Å². The molecule has 1 N–H and O–H groups in total. The van der Waals surface area contributed by atoms with E-state index in [1.807, 2.05) is 27.7 Å². The lowest BCUT2D eigenvalue weighted by Gasteiger charge is -2.20. The molecule has 2 atom stereocenters. The first-order valence-electron chi connectivity index (χ1n) is 12.8. The first-order chi connectivity index (χ1) is 17.6. The highest BCUT2D eigenvalue weighted by Crippen LogP contribution is 2.30. The quantitative estimate of drug-likeness (QED) is 0.247. The summed E-state index contributed by atoms with van der Waals surface area (Å²) in [6.45, 7) is 9.88. The predicted molar refractivity (Wildman–Crippen MR) is 136 cm³/mol. The molecule has 10 heteroatoms. The molecule has 1 rings (SSSR count). The van der Waals surface area contributed by atoms with Gasteiger partial charge in [-0.05, 0) is 56.2 Å². The third kappa shape index (κ3) is 13.1. The smallest absolute Gasteiger partial charge is 0.468 e. The van der Waals surface area contributed by atoms with E-state index in [0.717, 1.165) is 6.42 Å². The van der Waals surface area contributed by atoms with Crippen molar-refractivity contribution in [3.63, 3.8) is 0 Å². The van der Waals surface area contributed by atoms with E-state index in [9.17, 15) is 19.2 Å². The van der Waals surface area contributed by atoms with E-state index in [1.165, 1.54) is 13.2 Å². The summed E-state index contributed by atoms with van der Waals surface area (Å²) in [4.78, 5) is 48.4. The molecule has 1 aromatic rings. The van der Waals surface area contributed by atoms with E-state index in [2.05, 4.69) is 5.32 Å². The number of carbonyl (C=O) groups excluding carboxylic acids is 4. The van der Waals surface area contributed by atoms with Crippen molar-refractivity contribution in [3.05, 3.63) is 23.8 Å². The highest BCUT2D eigenvalue weighted by atomic mass is 16.7. The monoisotopic (exact) mass is 523 g/mol. The molecule has 0 heterocycles. The Hall–Kier alpha value is -3.14. The molecule has 37 heavy (non-hydrogen) atoms. The summed E-state index contributed by atoms with van der Waals surface area (Å²) < 4.78 is 26.0. The van der Waals surface area contributed by atoms with E-state index in [1.54, 1.807) is 19.1 Å². The van der Waals surface area contributed by atoms with Crippen molar-refractivity contribution in [3.8, 4) is 11.5 Å². The van der Waals surface area contributed by atoms with Crippen molar-refractivity contribution in [2.24, 2.45) is 5.92 Å². The van der Waals surface area contributed by atoms with Gasteiger partial charge in [0.25, 0.3) is 0 Å². The van der Waals surface area contributed by atoms with Gasteiger partial charge in [-0.25, -0.2) is 4.79 Å². The Balaban J connectivity index is 2.90. The molecule has 0 bridgehead atoms. The Bertz CT molecular complexity index is 885. The van der Waals surface area contributed by atoms with E-state index >= 15 is 0 Å². The van der Waals surface area contributed by atoms with Crippen molar-refractivity contribution in [1.29, 1.82) is 0 Å². The molecule has 10 nitrogen and oxygen atoms in total. The van der Waals surface area contributed by atoms with Crippen LogP contribution in [0.2, 0.25) is 0 Å². The van der Waals surface area contributed by atoms with Crippen LogP contribution in [0.15, 0.2) is 18.2 Å². The number of benzene rings is 1. The number of hydrogen-bond donors (Lipinski definition) is 1. The molecule has 0 radical (unpaired) electrons. The molecule has 0 aliphatic heterocycles. The molecule has 0 amide bonds. The van der Waals surface area contributed by atoms with E-state index in [0.29, 0.717) is 24.3 Å². The minimum absolute atomic E-state index is 0.102. The maximum atomic E-state index is 12.4. The van der Waals surface area contributed by atoms with Crippen molar-refractivity contribution >= 4 is 24.1 Å². The standard InChI is InChI=1S/C27H41NO9/c1-7-9-24(29)36-22-12-11-20(16-23(22)37-25(30)10-8-2)15-21(26(31)33-6)28-17-19(5)35-27(32)34-14-13-18(3)4/h11-12,16,18-19,21,28H,7-10,13-15,17H2,1-6H3/t19?,21-/m0/s1. The van der Waals surface area contributed by atoms with Gasteiger partial charge in [0.1, 0.15) is 12.1 Å². The Morgan fingerprint density at radius 3 is 2.11 bits per heavy atom. The fourth-order valence-corrected chi connectivity index (χ4v) is 3.14. The van der Waals surface area contributed by atoms with Gasteiger partial charge >= 0.3 is 24.1 Å². The lowest BCUT2D eigenvalue weighted by molar-refractivity contribution is -0.143. The first kappa shape index (κ1) is 31.9. The highest BCUT2D eigenvalue weighted by molar-refractivity contribution is 5.77. The topological polar surface area (TPSA) is 126 Å². The van der Waals surface area contributed by atoms with Crippen molar-refractivity contribution < 1.29 is 42.9 Å². The van der Waals surface area contributed by atoms with E-state index in [-0.39, 0.29) is 43.9 Å². The second kappa shape index (κ2) is 17.3. The number of ether oxygens (including phenoxy) is 5. The van der Waals surface area contributed by atoms with Gasteiger partial charge in [0.2, 0.25) is 0 Å². The second-order valence-corrected chi connectivity index (χ2v) is 9.13. The maximum absolute atomic E-state index is 12.4. The number of rotatable bonds is 16. The van der Waals surface area contributed by atoms with E-state index in [4.69, 9.17) is 23.7 Å². The zero-order valence-electron chi connectivity index (χ0n) is 22.8. The molecule has 0 fully saturated rings. The third-order valence-corrected chi connectivity index (χ3v) is 5.15. The van der Waals surface area contributed by atoms with Crippen molar-refractivity contribution in [2.75, 3.05) is 20.3 Å². The lowest BCUT2D eigenvalue weighted by Crippen LogP contribution is -2.43. The molecule has 0 aliphatic carbocycles. The summed E-state index contributed by atoms with van der Waals surface area (Å²) in [6.07, 6.45) is 1.23. The third-order valence-electron chi connectivity index (χ3n) is 5.15. The van der Waals surface area contributed by atoms with Gasteiger partial charge in [-0.3, -0.25) is 14.4 Å². The molecule has 0 spiro atoms. The summed E-state index contributed by atoms with van der Waals surface area (Å²) in [5, 5.41) is 3.04. The Morgan fingerprint density at radius 1 is 0.919 bits per heavy atom. The summed E-state index contributed by atoms with van der Waals surface area (Å²) in [5.41, 5.74) is 0.638. The largest absolute Gasteiger partial charge is 0.508 e. The van der Waals surface area contributed by atoms with Crippen molar-refractivity contribution in [1.82, 2.24) is 5.32 Å². The van der Waals surface area contributed by atoms with Crippen molar-refractivity contribution in [2.45, 2.75) is 85.3 Å². The molecule has 1 aromatic carbocycles. The number of esters is 3. The van der Waals surface area contributed by atoms with Crippen LogP contribution >= 0.6 is 0 Å². The van der Waals surface area contributed by atoms with Crippen LogP contribution in [0.4, 0.5) is 4.79 Å². The van der Waals surface area contributed by atoms with Gasteiger partial charge in [-0.15, -0.1) is 0 Å². The van der Waals surface area contributed by atoms with Crippen LogP contribution in [0.5, 0.6) is 11.5 Å². The molecule has 0 aliphatic rings. The molecule has 1 unspecified atom stereocenters. The van der Waals surface area contributed by atoms with Gasteiger partial charge < -0.3 is 29.0 Å². The van der Waals surface area contributed by atoms with Crippen LogP contribution < -0.4 is 14.8 Å². The molecule has 0 aromatic heterocycles. The van der Waals surface area contributed by atoms with Gasteiger partial charge in [-0.2, -0.15) is 0 Å². The fourth-order valence-electron chi connectivity index (χ4n) is 3.14. The van der Waals surface area contributed by atoms with E-state index < -0.39 is 36.2 Å². The number of methoxy groups -OCH3 is 1. The summed E-state index contributed by atoms with van der Waals surface area (Å²) in [5.74, 6) is -0.775. The predicted octanol–water partition coefficient (Wildman–Crippen LogP) is 4.36. The van der Waals surface area contributed by atoms with Crippen LogP contribution in [0.3, 0.4) is 0 Å². The molecule has 208 valence electrons. The van der Waals surface area contributed by atoms with Crippen LogP contribution in [0.25, 0.3) is 0 Å². The van der Waals surface area contributed by atoms with Gasteiger partial charge in [0.05, 0.1) is 13.7 Å². The molecule has 0 saturated heterocycles. The normalized spacial score (nSPS) is 12.4. The number of nitrogens with one attached hydrogen (secondary N) is 1. The zero-order valence-corrected chi connectivity index (χ0v) is 22.8. The van der Waals surface area contributed by atoms with Crippen LogP contribution in [0.1, 0.15) is 72.3 Å². The minimum Gasteiger partial charge on any atom is -0.468 e. The summed E-state index contributed by atoms with van der Waals surface area (Å²) in [7, 11) is 1.28. The van der Waals surface area contributed by atoms with Gasteiger partial charge in [-0.1, -0.05) is 33.8 Å². The number of carbonyl (C=O) groups is 4. The Labute approximate surface area is 219 Å². The zero-order chi connectivity index (χ0) is 27.8. The van der Waals surface area contributed by atoms with Gasteiger partial charge in [0, 0.05) is 19.4 Å². The Morgan fingerprint density at radius 2 is 1.54 bits per heavy atom. The fraction of sp³-hybridized carbons (Fsp3) is 0.630. The first-order valence-corrected chi connectivity index (χ1v) is 12.8. The minimum atomic E-state index is -0.777. The molecular weight excluding hydrogens is 482 g/mol. The summed E-state index contributed by atoms with van der Waals surface area (Å²) >= 11 is 0. The average molecular weight is 524 g/mol. The van der Waals surface area contributed by atoms with Crippen LogP contribution in [-0.2, 0) is 35.0 Å². The number of hydrogen-bond acceptors (Lipinski definition) is 10. The average Bonchev–Trinajstić information content (AvgIpc) is 2.82. The van der Waals surface area contributed by atoms with Crippen LogP contribution in [0, 0.1) is 5.92 Å². The highest BCUT2D eigenvalue weighted by Gasteiger charge is 2.23. The lowest BCUT2D eigenvalue weighted by atomic mass is 10.0. The molecular formula is C27H41NO9. The summed E-state index contributed by atoms with van der Waals surface area (Å²) in [6, 6.07) is 3.99.